The van der Waals surface area contributed by atoms with Crippen LogP contribution in [0.25, 0.3) is 43.6 Å². The fraction of sp³-hybridized carbons (Fsp3) is 0.0769. The number of aromatic nitrogens is 4. The molecule has 0 fully saturated rings. The van der Waals surface area contributed by atoms with Crippen LogP contribution in [0.3, 0.4) is 0 Å². The maximum atomic E-state index is 13.6. The molecule has 0 N–H and O–H groups in total. The topological polar surface area (TPSA) is 79.0 Å². The number of benzene rings is 4. The number of nitrogens with zero attached hydrogens (tertiary/aromatic N) is 4. The molecule has 8 aromatic rings. The van der Waals surface area contributed by atoms with Gasteiger partial charge in [-0.3, -0.25) is 19.6 Å². The number of hydrogen-bond acceptors (Lipinski definition) is 5. The second-order valence-corrected chi connectivity index (χ2v) is 11.8. The lowest BCUT2D eigenvalue weighted by Gasteiger charge is -2.39. The summed E-state index contributed by atoms with van der Waals surface area (Å²) in [6.07, 6.45) is 0. The number of fused-ring (bicyclic) bond motifs is 8. The molecule has 220 valence electrons. The number of aryl methyl sites for hydroxylation is 2. The molecule has 0 atom stereocenters. The molecule has 0 spiro atoms. The normalized spacial score (nSPS) is 13.5. The van der Waals surface area contributed by atoms with E-state index in [0.29, 0.717) is 44.7 Å². The highest BCUT2D eigenvalue weighted by molar-refractivity contribution is 6.04. The van der Waals surface area contributed by atoms with Crippen LogP contribution in [0.15, 0.2) is 131 Å². The molecule has 1 aliphatic heterocycles. The van der Waals surface area contributed by atoms with Crippen LogP contribution in [0.5, 0.6) is 11.5 Å². The van der Waals surface area contributed by atoms with Gasteiger partial charge in [0.2, 0.25) is 0 Å². The highest BCUT2D eigenvalue weighted by atomic mass is 16.5. The summed E-state index contributed by atoms with van der Waals surface area (Å²) in [5.74, 6) is 1.38. The fourth-order valence-electron chi connectivity index (χ4n) is 7.28. The summed E-state index contributed by atoms with van der Waals surface area (Å²) in [5.41, 5.74) is 4.72. The Morgan fingerprint density at radius 3 is 1.39 bits per heavy atom. The molecule has 4 aromatic heterocycles. The molecule has 1 aliphatic rings. The van der Waals surface area contributed by atoms with Crippen molar-refractivity contribution >= 4 is 43.6 Å². The van der Waals surface area contributed by atoms with Gasteiger partial charge in [-0.05, 0) is 48.5 Å². The molecular formula is C39H26N4O3. The third-order valence-electron chi connectivity index (χ3n) is 9.47. The lowest BCUT2D eigenvalue weighted by atomic mass is 9.67. The van der Waals surface area contributed by atoms with E-state index in [-0.39, 0.29) is 11.1 Å². The summed E-state index contributed by atoms with van der Waals surface area (Å²) in [6.45, 7) is 0. The highest BCUT2D eigenvalue weighted by Gasteiger charge is 2.48. The van der Waals surface area contributed by atoms with Crippen LogP contribution >= 0.6 is 0 Å². The largest absolute Gasteiger partial charge is 0.457 e. The maximum absolute atomic E-state index is 13.6. The predicted molar refractivity (Wildman–Crippen MR) is 181 cm³/mol. The maximum Gasteiger partial charge on any atom is 0.260 e. The van der Waals surface area contributed by atoms with E-state index >= 15 is 0 Å². The third kappa shape index (κ3) is 3.37. The molecule has 0 unspecified atom stereocenters. The van der Waals surface area contributed by atoms with Crippen LogP contribution in [0.2, 0.25) is 0 Å². The Kier molecular flexibility index (Phi) is 5.41. The number of pyridine rings is 4. The number of ether oxygens (including phenoxy) is 1. The Bertz CT molecular complexity index is 2520. The van der Waals surface area contributed by atoms with Crippen molar-refractivity contribution in [3.05, 3.63) is 165 Å². The van der Waals surface area contributed by atoms with Gasteiger partial charge in [-0.15, -0.1) is 0 Å². The van der Waals surface area contributed by atoms with Gasteiger partial charge in [0.1, 0.15) is 16.9 Å². The van der Waals surface area contributed by atoms with Crippen molar-refractivity contribution < 1.29 is 4.74 Å². The zero-order chi connectivity index (χ0) is 31.2. The summed E-state index contributed by atoms with van der Waals surface area (Å²) in [5, 5.41) is 2.83. The number of para-hydroxylation sites is 4. The first-order chi connectivity index (χ1) is 22.5. The molecule has 0 saturated heterocycles. The van der Waals surface area contributed by atoms with Crippen molar-refractivity contribution in [2.24, 2.45) is 14.1 Å². The zero-order valence-electron chi connectivity index (χ0n) is 25.1. The molecule has 5 heterocycles. The smallest absolute Gasteiger partial charge is 0.260 e. The minimum absolute atomic E-state index is 0.110. The van der Waals surface area contributed by atoms with E-state index in [4.69, 9.17) is 14.7 Å². The zero-order valence-corrected chi connectivity index (χ0v) is 25.1. The molecule has 7 heteroatoms. The lowest BCUT2D eigenvalue weighted by molar-refractivity contribution is 0.430. The van der Waals surface area contributed by atoms with Crippen molar-refractivity contribution in [2.45, 2.75) is 5.41 Å². The van der Waals surface area contributed by atoms with Gasteiger partial charge in [-0.25, -0.2) is 0 Å². The molecule has 4 aromatic carbocycles. The summed E-state index contributed by atoms with van der Waals surface area (Å²) in [6, 6.07) is 39.2. The second-order valence-electron chi connectivity index (χ2n) is 11.8. The summed E-state index contributed by atoms with van der Waals surface area (Å²) in [7, 11) is 3.58. The van der Waals surface area contributed by atoms with Crippen LogP contribution < -0.4 is 15.9 Å². The Labute approximate surface area is 262 Å². The van der Waals surface area contributed by atoms with Crippen LogP contribution in [0, 0.1) is 0 Å². The van der Waals surface area contributed by atoms with E-state index in [1.807, 2.05) is 121 Å². The van der Waals surface area contributed by atoms with Gasteiger partial charge >= 0.3 is 0 Å². The Hall–Kier alpha value is -6.08. The van der Waals surface area contributed by atoms with Crippen molar-refractivity contribution in [3.63, 3.8) is 0 Å². The average molecular weight is 599 g/mol. The third-order valence-corrected chi connectivity index (χ3v) is 9.47. The van der Waals surface area contributed by atoms with E-state index in [9.17, 15) is 9.59 Å². The monoisotopic (exact) mass is 598 g/mol. The van der Waals surface area contributed by atoms with Crippen LogP contribution in [0.1, 0.15) is 22.5 Å². The van der Waals surface area contributed by atoms with Crippen molar-refractivity contribution in [2.75, 3.05) is 0 Å². The molecule has 0 amide bonds. The molecule has 0 radical (unpaired) electrons. The molecule has 0 aliphatic carbocycles. The second kappa shape index (κ2) is 9.46. The molecule has 0 bridgehead atoms. The first-order valence-corrected chi connectivity index (χ1v) is 15.1. The standard InChI is InChI=1S/C39H26N4O3/c1-42-29-15-7-3-11-23(29)35-25(37(42)44)19-21-33(40-35)39(27-13-5-9-17-31(27)46-32-18-10-6-14-28(32)39)34-22-20-26-36(41-34)24-12-4-8-16-30(24)43(2)38(26)45/h3-22H,1-2H3. The van der Waals surface area contributed by atoms with Crippen LogP contribution in [0.4, 0.5) is 0 Å². The minimum Gasteiger partial charge on any atom is -0.457 e. The molecular weight excluding hydrogens is 572 g/mol. The molecule has 9 rings (SSSR count). The quantitative estimate of drug-likeness (QED) is 0.201. The van der Waals surface area contributed by atoms with Gasteiger partial charge in [0.15, 0.2) is 0 Å². The summed E-state index contributed by atoms with van der Waals surface area (Å²) < 4.78 is 9.84. The highest BCUT2D eigenvalue weighted by Crippen LogP contribution is 2.54. The van der Waals surface area contributed by atoms with E-state index in [0.717, 1.165) is 32.9 Å². The van der Waals surface area contributed by atoms with Crippen molar-refractivity contribution in [3.8, 4) is 11.5 Å². The molecule has 46 heavy (non-hydrogen) atoms. The fourth-order valence-corrected chi connectivity index (χ4v) is 7.28. The van der Waals surface area contributed by atoms with Gasteiger partial charge < -0.3 is 13.9 Å². The molecule has 7 nitrogen and oxygen atoms in total. The molecule has 0 saturated carbocycles. The predicted octanol–water partition coefficient (Wildman–Crippen LogP) is 6.98. The van der Waals surface area contributed by atoms with Crippen molar-refractivity contribution in [1.29, 1.82) is 0 Å². The number of rotatable bonds is 2. The van der Waals surface area contributed by atoms with Gasteiger partial charge in [-0.1, -0.05) is 72.8 Å². The van der Waals surface area contributed by atoms with E-state index in [2.05, 4.69) is 0 Å². The SMILES string of the molecule is Cn1c(=O)c2ccc(C3(c4ccc5c(=O)n(C)c6ccccc6c5n4)c4ccccc4Oc4ccccc43)nc2c2ccccc21. The summed E-state index contributed by atoms with van der Waals surface area (Å²) in [4.78, 5) is 37.9. The number of hydrogen-bond donors (Lipinski definition) is 0. The Balaban J connectivity index is 1.48. The van der Waals surface area contributed by atoms with E-state index in [1.165, 1.54) is 0 Å². The van der Waals surface area contributed by atoms with Gasteiger partial charge in [0.05, 0.1) is 44.2 Å². The minimum atomic E-state index is -1.04. The van der Waals surface area contributed by atoms with Crippen LogP contribution in [-0.4, -0.2) is 19.1 Å². The van der Waals surface area contributed by atoms with E-state index < -0.39 is 5.41 Å². The van der Waals surface area contributed by atoms with Gasteiger partial charge in [0.25, 0.3) is 11.1 Å². The first kappa shape index (κ1) is 26.3. The average Bonchev–Trinajstić information content (AvgIpc) is 3.11. The van der Waals surface area contributed by atoms with E-state index in [1.54, 1.807) is 23.2 Å². The van der Waals surface area contributed by atoms with Gasteiger partial charge in [-0.2, -0.15) is 0 Å². The Morgan fingerprint density at radius 2 is 0.913 bits per heavy atom. The van der Waals surface area contributed by atoms with Crippen molar-refractivity contribution in [1.82, 2.24) is 19.1 Å². The Morgan fingerprint density at radius 1 is 0.500 bits per heavy atom. The first-order valence-electron chi connectivity index (χ1n) is 15.1. The lowest BCUT2D eigenvalue weighted by Crippen LogP contribution is -2.36. The summed E-state index contributed by atoms with van der Waals surface area (Å²) >= 11 is 0. The van der Waals surface area contributed by atoms with Gasteiger partial charge in [0, 0.05) is 36.0 Å². The van der Waals surface area contributed by atoms with Crippen LogP contribution in [-0.2, 0) is 19.5 Å².